The van der Waals surface area contributed by atoms with Crippen LogP contribution in [0, 0.1) is 0 Å². The van der Waals surface area contributed by atoms with Crippen molar-refractivity contribution in [2.24, 2.45) is 0 Å². The van der Waals surface area contributed by atoms with E-state index in [4.69, 9.17) is 0 Å². The van der Waals surface area contributed by atoms with Gasteiger partial charge in [0, 0.05) is 29.9 Å². The zero-order valence-electron chi connectivity index (χ0n) is 16.3. The van der Waals surface area contributed by atoms with Gasteiger partial charge in [0.1, 0.15) is 0 Å². The molecule has 0 aromatic heterocycles. The average Bonchev–Trinajstić information content (AvgIpc) is 3.33. The largest absolute Gasteiger partial charge is 0.335 e. The van der Waals surface area contributed by atoms with Gasteiger partial charge in [0.05, 0.1) is 0 Å². The van der Waals surface area contributed by atoms with Crippen LogP contribution in [0.15, 0.2) is 48.5 Å². The number of fused-ring (bicyclic) bond motifs is 1. The first-order valence-corrected chi connectivity index (χ1v) is 10.2. The molecule has 0 saturated heterocycles. The van der Waals surface area contributed by atoms with Gasteiger partial charge in [-0.3, -0.25) is 4.79 Å². The number of carbonyl (C=O) groups excluding carboxylic acids is 2. The van der Waals surface area contributed by atoms with Crippen molar-refractivity contribution >= 4 is 17.6 Å². The number of benzene rings is 2. The Morgan fingerprint density at radius 3 is 2.57 bits per heavy atom. The molecular weight excluding hydrogens is 350 g/mol. The third kappa shape index (κ3) is 3.88. The topological polar surface area (TPSA) is 61.4 Å². The molecule has 1 aliphatic heterocycles. The third-order valence-electron chi connectivity index (χ3n) is 5.75. The molecule has 2 aliphatic rings. The molecule has 2 aromatic rings. The molecule has 146 valence electrons. The Kier molecular flexibility index (Phi) is 5.33. The van der Waals surface area contributed by atoms with E-state index in [-0.39, 0.29) is 18.0 Å². The lowest BCUT2D eigenvalue weighted by atomic mass is 10.1. The highest BCUT2D eigenvalue weighted by molar-refractivity contribution is 6.07. The number of nitrogens with one attached hydrogen (secondary N) is 2. The number of carbonyl (C=O) groups is 2. The lowest BCUT2D eigenvalue weighted by molar-refractivity contribution is 0.0981. The van der Waals surface area contributed by atoms with E-state index in [0.29, 0.717) is 18.2 Å². The molecule has 1 heterocycles. The van der Waals surface area contributed by atoms with Crippen LogP contribution in [0.4, 0.5) is 10.5 Å². The second-order valence-electron chi connectivity index (χ2n) is 7.87. The fourth-order valence-corrected chi connectivity index (χ4v) is 4.28. The van der Waals surface area contributed by atoms with Crippen molar-refractivity contribution < 1.29 is 9.59 Å². The molecule has 1 saturated carbocycles. The molecule has 3 amide bonds. The molecule has 2 aromatic carbocycles. The van der Waals surface area contributed by atoms with Crippen LogP contribution in [-0.4, -0.2) is 24.0 Å². The molecule has 5 nitrogen and oxygen atoms in total. The number of anilines is 1. The zero-order valence-corrected chi connectivity index (χ0v) is 16.3. The first-order chi connectivity index (χ1) is 13.6. The second kappa shape index (κ2) is 8.05. The minimum atomic E-state index is -0.113. The Bertz CT molecular complexity index is 859. The monoisotopic (exact) mass is 377 g/mol. The minimum Gasteiger partial charge on any atom is -0.335 e. The van der Waals surface area contributed by atoms with Gasteiger partial charge in [0.2, 0.25) is 0 Å². The third-order valence-corrected chi connectivity index (χ3v) is 5.75. The number of nitrogens with zero attached hydrogens (tertiary/aromatic N) is 1. The standard InChI is InChI=1S/C23H27N3O2/c1-16-13-19-12-11-17(15-24-23(28)25-20-9-5-6-10-20)14-21(19)26(16)22(27)18-7-3-2-4-8-18/h2-4,7-8,11-12,14,16,20H,5-6,9-10,13,15H2,1H3,(H2,24,25,28). The van der Waals surface area contributed by atoms with Crippen molar-refractivity contribution in [2.45, 2.75) is 57.7 Å². The summed E-state index contributed by atoms with van der Waals surface area (Å²) in [5.74, 6) is 0.0240. The van der Waals surface area contributed by atoms with Crippen molar-refractivity contribution in [2.75, 3.05) is 4.90 Å². The molecule has 1 atom stereocenters. The molecule has 4 rings (SSSR count). The van der Waals surface area contributed by atoms with E-state index in [2.05, 4.69) is 23.6 Å². The Hall–Kier alpha value is -2.82. The molecule has 0 bridgehead atoms. The van der Waals surface area contributed by atoms with Crippen LogP contribution in [0.3, 0.4) is 0 Å². The van der Waals surface area contributed by atoms with E-state index in [0.717, 1.165) is 30.5 Å². The Labute approximate surface area is 166 Å². The van der Waals surface area contributed by atoms with Gasteiger partial charge in [0.25, 0.3) is 5.91 Å². The smallest absolute Gasteiger partial charge is 0.315 e. The summed E-state index contributed by atoms with van der Waals surface area (Å²) in [5, 5.41) is 5.99. The number of hydrogen-bond acceptors (Lipinski definition) is 2. The minimum absolute atomic E-state index is 0.0240. The predicted molar refractivity (Wildman–Crippen MR) is 110 cm³/mol. The van der Waals surface area contributed by atoms with Gasteiger partial charge < -0.3 is 15.5 Å². The van der Waals surface area contributed by atoms with Gasteiger partial charge in [0.15, 0.2) is 0 Å². The zero-order chi connectivity index (χ0) is 19.5. The lowest BCUT2D eigenvalue weighted by Gasteiger charge is -2.23. The van der Waals surface area contributed by atoms with E-state index in [1.54, 1.807) is 0 Å². The number of hydrogen-bond donors (Lipinski definition) is 2. The van der Waals surface area contributed by atoms with Crippen LogP contribution in [0.2, 0.25) is 0 Å². The average molecular weight is 377 g/mol. The van der Waals surface area contributed by atoms with Gasteiger partial charge in [-0.05, 0) is 55.5 Å². The molecular formula is C23H27N3O2. The van der Waals surface area contributed by atoms with Gasteiger partial charge in [-0.15, -0.1) is 0 Å². The highest BCUT2D eigenvalue weighted by Gasteiger charge is 2.31. The van der Waals surface area contributed by atoms with E-state index in [9.17, 15) is 9.59 Å². The quantitative estimate of drug-likeness (QED) is 0.845. The highest BCUT2D eigenvalue weighted by Crippen LogP contribution is 2.34. The maximum absolute atomic E-state index is 13.0. The van der Waals surface area contributed by atoms with Crippen molar-refractivity contribution in [3.8, 4) is 0 Å². The fraction of sp³-hybridized carbons (Fsp3) is 0.391. The summed E-state index contributed by atoms with van der Waals surface area (Å²) in [6, 6.07) is 15.9. The van der Waals surface area contributed by atoms with Crippen molar-refractivity contribution in [1.29, 1.82) is 0 Å². The Morgan fingerprint density at radius 2 is 1.82 bits per heavy atom. The van der Waals surface area contributed by atoms with Crippen LogP contribution in [0.25, 0.3) is 0 Å². The summed E-state index contributed by atoms with van der Waals surface area (Å²) in [4.78, 5) is 27.0. The molecule has 1 fully saturated rings. The van der Waals surface area contributed by atoms with Gasteiger partial charge in [-0.1, -0.05) is 43.2 Å². The van der Waals surface area contributed by atoms with Gasteiger partial charge in [-0.25, -0.2) is 4.79 Å². The van der Waals surface area contributed by atoms with Gasteiger partial charge in [-0.2, -0.15) is 0 Å². The lowest BCUT2D eigenvalue weighted by Crippen LogP contribution is -2.40. The van der Waals surface area contributed by atoms with E-state index < -0.39 is 0 Å². The van der Waals surface area contributed by atoms with Crippen LogP contribution >= 0.6 is 0 Å². The van der Waals surface area contributed by atoms with Crippen LogP contribution in [-0.2, 0) is 13.0 Å². The van der Waals surface area contributed by atoms with Crippen molar-refractivity contribution in [1.82, 2.24) is 10.6 Å². The van der Waals surface area contributed by atoms with Gasteiger partial charge >= 0.3 is 6.03 Å². The van der Waals surface area contributed by atoms with Crippen molar-refractivity contribution in [3.05, 3.63) is 65.2 Å². The summed E-state index contributed by atoms with van der Waals surface area (Å²) >= 11 is 0. The first kappa shape index (κ1) is 18.5. The Balaban J connectivity index is 1.45. The summed E-state index contributed by atoms with van der Waals surface area (Å²) in [5.41, 5.74) is 3.83. The van der Waals surface area contributed by atoms with E-state index in [1.807, 2.05) is 47.4 Å². The van der Waals surface area contributed by atoms with E-state index in [1.165, 1.54) is 18.4 Å². The predicted octanol–water partition coefficient (Wildman–Crippen LogP) is 4.02. The molecule has 5 heteroatoms. The number of urea groups is 1. The fourth-order valence-electron chi connectivity index (χ4n) is 4.28. The number of amides is 3. The molecule has 28 heavy (non-hydrogen) atoms. The maximum atomic E-state index is 13.0. The molecule has 0 spiro atoms. The van der Waals surface area contributed by atoms with E-state index >= 15 is 0 Å². The molecule has 2 N–H and O–H groups in total. The van der Waals surface area contributed by atoms with Crippen LogP contribution in [0.5, 0.6) is 0 Å². The SMILES string of the molecule is CC1Cc2ccc(CNC(=O)NC3CCCC3)cc2N1C(=O)c1ccccc1. The summed E-state index contributed by atoms with van der Waals surface area (Å²) in [6.07, 6.45) is 5.38. The van der Waals surface area contributed by atoms with Crippen LogP contribution in [0.1, 0.15) is 54.1 Å². The first-order valence-electron chi connectivity index (χ1n) is 10.2. The van der Waals surface area contributed by atoms with Crippen molar-refractivity contribution in [3.63, 3.8) is 0 Å². The second-order valence-corrected chi connectivity index (χ2v) is 7.87. The maximum Gasteiger partial charge on any atom is 0.315 e. The summed E-state index contributed by atoms with van der Waals surface area (Å²) in [7, 11) is 0. The number of rotatable bonds is 4. The normalized spacial score (nSPS) is 18.8. The molecule has 0 radical (unpaired) electrons. The summed E-state index contributed by atoms with van der Waals surface area (Å²) in [6.45, 7) is 2.53. The summed E-state index contributed by atoms with van der Waals surface area (Å²) < 4.78 is 0. The highest BCUT2D eigenvalue weighted by atomic mass is 16.2. The molecule has 1 unspecified atom stereocenters. The molecule has 1 aliphatic carbocycles. The Morgan fingerprint density at radius 1 is 1.07 bits per heavy atom. The van der Waals surface area contributed by atoms with Crippen LogP contribution < -0.4 is 15.5 Å².